The minimum atomic E-state index is -0.842. The monoisotopic (exact) mass is 325 g/mol. The number of carboxylic acid groups (broad SMARTS) is 1. The largest absolute Gasteiger partial charge is 0.481 e. The second-order valence-corrected chi connectivity index (χ2v) is 6.07. The fourth-order valence-electron chi connectivity index (χ4n) is 2.29. The number of aliphatic carboxylic acids is 1. The molecule has 1 atom stereocenters. The molecule has 1 unspecified atom stereocenters. The van der Waals surface area contributed by atoms with E-state index in [2.05, 4.69) is 15.9 Å². The van der Waals surface area contributed by atoms with E-state index >= 15 is 0 Å². The number of hydrogen-bond donors (Lipinski definition) is 1. The molecule has 102 valence electrons. The maximum atomic E-state index is 12.4. The molecule has 1 aliphatic rings. The van der Waals surface area contributed by atoms with Gasteiger partial charge in [0.25, 0.3) is 5.91 Å². The summed E-state index contributed by atoms with van der Waals surface area (Å²) in [6.07, 6.45) is 0.498. The fraction of sp³-hybridized carbons (Fsp3) is 0.429. The molecule has 1 amide bonds. The molecule has 0 aliphatic carbocycles. The van der Waals surface area contributed by atoms with Crippen LogP contribution in [0.15, 0.2) is 22.7 Å². The molecular weight excluding hydrogens is 310 g/mol. The van der Waals surface area contributed by atoms with Crippen molar-refractivity contribution in [3.05, 3.63) is 33.8 Å². The van der Waals surface area contributed by atoms with Gasteiger partial charge in [0.05, 0.1) is 11.0 Å². The van der Waals surface area contributed by atoms with Crippen LogP contribution in [-0.2, 0) is 4.79 Å². The highest BCUT2D eigenvalue weighted by molar-refractivity contribution is 9.10. The quantitative estimate of drug-likeness (QED) is 0.909. The number of aryl methyl sites for hydroxylation is 1. The maximum Gasteiger partial charge on any atom is 0.311 e. The zero-order chi connectivity index (χ0) is 14.2. The predicted molar refractivity (Wildman–Crippen MR) is 75.1 cm³/mol. The van der Waals surface area contributed by atoms with Gasteiger partial charge in [-0.15, -0.1) is 0 Å². The molecule has 1 heterocycles. The van der Waals surface area contributed by atoms with E-state index in [-0.39, 0.29) is 12.5 Å². The first kappa shape index (κ1) is 14.1. The van der Waals surface area contributed by atoms with E-state index in [1.807, 2.05) is 19.1 Å². The normalized spacial score (nSPS) is 22.6. The molecule has 2 rings (SSSR count). The Hall–Kier alpha value is -1.36. The Morgan fingerprint density at radius 3 is 2.68 bits per heavy atom. The number of carbonyl (C=O) groups excluding carboxylic acids is 1. The summed E-state index contributed by atoms with van der Waals surface area (Å²) in [5, 5.41) is 9.19. The molecule has 1 aliphatic heterocycles. The summed E-state index contributed by atoms with van der Waals surface area (Å²) in [7, 11) is 0. The number of rotatable bonds is 2. The molecule has 1 aromatic rings. The molecule has 0 bridgehead atoms. The highest BCUT2D eigenvalue weighted by Crippen LogP contribution is 2.32. The second kappa shape index (κ2) is 4.96. The average Bonchev–Trinajstić information content (AvgIpc) is 2.76. The Balaban J connectivity index is 2.23. The number of hydrogen-bond acceptors (Lipinski definition) is 2. The number of carbonyl (C=O) groups is 2. The summed E-state index contributed by atoms with van der Waals surface area (Å²) in [5.41, 5.74) is 0.757. The van der Waals surface area contributed by atoms with E-state index < -0.39 is 11.4 Å². The van der Waals surface area contributed by atoms with Crippen molar-refractivity contribution in [3.8, 4) is 0 Å². The highest BCUT2D eigenvalue weighted by atomic mass is 79.9. The van der Waals surface area contributed by atoms with Crippen LogP contribution >= 0.6 is 15.9 Å². The number of amides is 1. The van der Waals surface area contributed by atoms with Crippen molar-refractivity contribution in [2.45, 2.75) is 20.3 Å². The third-order valence-electron chi connectivity index (χ3n) is 3.70. The molecule has 0 aromatic heterocycles. The van der Waals surface area contributed by atoms with Gasteiger partial charge in [0.1, 0.15) is 0 Å². The minimum Gasteiger partial charge on any atom is -0.481 e. The minimum absolute atomic E-state index is 0.111. The van der Waals surface area contributed by atoms with E-state index in [0.717, 1.165) is 10.0 Å². The lowest BCUT2D eigenvalue weighted by atomic mass is 9.90. The van der Waals surface area contributed by atoms with Crippen LogP contribution in [0, 0.1) is 12.3 Å². The van der Waals surface area contributed by atoms with Crippen LogP contribution < -0.4 is 0 Å². The summed E-state index contributed by atoms with van der Waals surface area (Å²) >= 11 is 3.42. The number of nitrogens with zero attached hydrogens (tertiary/aromatic N) is 1. The summed E-state index contributed by atoms with van der Waals surface area (Å²) in [6.45, 7) is 4.36. The number of carboxylic acids is 1. The van der Waals surface area contributed by atoms with Gasteiger partial charge in [-0.3, -0.25) is 9.59 Å². The van der Waals surface area contributed by atoms with Crippen molar-refractivity contribution < 1.29 is 14.7 Å². The lowest BCUT2D eigenvalue weighted by molar-refractivity contribution is -0.147. The molecule has 1 aromatic carbocycles. The highest BCUT2D eigenvalue weighted by Gasteiger charge is 2.42. The Bertz CT molecular complexity index is 543. The van der Waals surface area contributed by atoms with E-state index in [9.17, 15) is 14.7 Å². The van der Waals surface area contributed by atoms with Gasteiger partial charge in [-0.05, 0) is 47.8 Å². The van der Waals surface area contributed by atoms with Crippen molar-refractivity contribution in [3.63, 3.8) is 0 Å². The average molecular weight is 326 g/mol. The molecule has 1 saturated heterocycles. The van der Waals surface area contributed by atoms with E-state index in [0.29, 0.717) is 18.5 Å². The van der Waals surface area contributed by atoms with Crippen molar-refractivity contribution in [1.29, 1.82) is 0 Å². The van der Waals surface area contributed by atoms with Gasteiger partial charge in [-0.2, -0.15) is 0 Å². The molecule has 1 fully saturated rings. The first-order valence-corrected chi connectivity index (χ1v) is 6.92. The third kappa shape index (κ3) is 2.52. The fourth-order valence-corrected chi connectivity index (χ4v) is 2.73. The Morgan fingerprint density at radius 1 is 1.42 bits per heavy atom. The molecule has 1 N–H and O–H groups in total. The number of likely N-dealkylation sites (tertiary alicyclic amines) is 1. The summed E-state index contributed by atoms with van der Waals surface area (Å²) in [4.78, 5) is 25.3. The first-order valence-electron chi connectivity index (χ1n) is 6.13. The van der Waals surface area contributed by atoms with Gasteiger partial charge in [0, 0.05) is 17.6 Å². The van der Waals surface area contributed by atoms with Gasteiger partial charge in [0.2, 0.25) is 0 Å². The topological polar surface area (TPSA) is 57.6 Å². The van der Waals surface area contributed by atoms with Crippen LogP contribution in [0.4, 0.5) is 0 Å². The van der Waals surface area contributed by atoms with Crippen molar-refractivity contribution in [1.82, 2.24) is 4.90 Å². The molecule has 5 heteroatoms. The van der Waals surface area contributed by atoms with Gasteiger partial charge in [0.15, 0.2) is 0 Å². The first-order chi connectivity index (χ1) is 8.85. The third-order valence-corrected chi connectivity index (χ3v) is 4.75. The number of benzene rings is 1. The van der Waals surface area contributed by atoms with Gasteiger partial charge >= 0.3 is 5.97 Å². The van der Waals surface area contributed by atoms with E-state index in [4.69, 9.17) is 0 Å². The van der Waals surface area contributed by atoms with Crippen LogP contribution in [0.3, 0.4) is 0 Å². The Morgan fingerprint density at radius 2 is 2.11 bits per heavy atom. The lowest BCUT2D eigenvalue weighted by Crippen LogP contribution is -2.35. The van der Waals surface area contributed by atoms with Crippen molar-refractivity contribution in [2.24, 2.45) is 5.41 Å². The molecule has 4 nitrogen and oxygen atoms in total. The van der Waals surface area contributed by atoms with Gasteiger partial charge < -0.3 is 10.0 Å². The van der Waals surface area contributed by atoms with Crippen LogP contribution in [0.5, 0.6) is 0 Å². The van der Waals surface area contributed by atoms with Crippen molar-refractivity contribution in [2.75, 3.05) is 13.1 Å². The molecule has 19 heavy (non-hydrogen) atoms. The maximum absolute atomic E-state index is 12.4. The number of halogens is 1. The summed E-state index contributed by atoms with van der Waals surface area (Å²) in [5.74, 6) is -0.952. The van der Waals surface area contributed by atoms with Crippen molar-refractivity contribution >= 4 is 27.8 Å². The smallest absolute Gasteiger partial charge is 0.311 e. The van der Waals surface area contributed by atoms with Gasteiger partial charge in [-0.25, -0.2) is 0 Å². The predicted octanol–water partition coefficient (Wildman–Crippen LogP) is 2.69. The SMILES string of the molecule is Cc1cccc(C(=O)N2CCC(C)(C(=O)O)C2)c1Br. The van der Waals surface area contributed by atoms with Crippen LogP contribution in [0.2, 0.25) is 0 Å². The van der Waals surface area contributed by atoms with E-state index in [1.165, 1.54) is 0 Å². The molecule has 0 spiro atoms. The molecular formula is C14H16BrNO3. The second-order valence-electron chi connectivity index (χ2n) is 5.28. The molecule has 0 saturated carbocycles. The Kier molecular flexibility index (Phi) is 3.67. The van der Waals surface area contributed by atoms with Crippen LogP contribution in [0.1, 0.15) is 29.3 Å². The lowest BCUT2D eigenvalue weighted by Gasteiger charge is -2.21. The summed E-state index contributed by atoms with van der Waals surface area (Å²) in [6, 6.07) is 5.52. The Labute approximate surface area is 120 Å². The van der Waals surface area contributed by atoms with Crippen LogP contribution in [0.25, 0.3) is 0 Å². The van der Waals surface area contributed by atoms with E-state index in [1.54, 1.807) is 17.9 Å². The van der Waals surface area contributed by atoms with Crippen LogP contribution in [-0.4, -0.2) is 35.0 Å². The standard InChI is InChI=1S/C14H16BrNO3/c1-9-4-3-5-10(11(9)15)12(17)16-7-6-14(2,8-16)13(18)19/h3-5H,6-8H2,1-2H3,(H,18,19). The summed E-state index contributed by atoms with van der Waals surface area (Å²) < 4.78 is 0.781. The molecule has 0 radical (unpaired) electrons. The zero-order valence-corrected chi connectivity index (χ0v) is 12.5. The van der Waals surface area contributed by atoms with Gasteiger partial charge in [-0.1, -0.05) is 12.1 Å². The zero-order valence-electron chi connectivity index (χ0n) is 10.9.